The first-order valence-corrected chi connectivity index (χ1v) is 27.0. The Morgan fingerprint density at radius 3 is 2.24 bits per heavy atom. The molecule has 1 fully saturated rings. The molecule has 1 saturated heterocycles. The Hall–Kier alpha value is -8.42. The molecule has 0 radical (unpaired) electrons. The number of piperidine rings is 1. The summed E-state index contributed by atoms with van der Waals surface area (Å²) in [4.78, 5) is 44.9. The van der Waals surface area contributed by atoms with Crippen LogP contribution in [0, 0.1) is 5.82 Å². The van der Waals surface area contributed by atoms with Crippen LogP contribution in [0.15, 0.2) is 127 Å². The summed E-state index contributed by atoms with van der Waals surface area (Å²) in [7, 11) is 3.27. The lowest BCUT2D eigenvalue weighted by Crippen LogP contribution is -2.43. The highest BCUT2D eigenvalue weighted by molar-refractivity contribution is 7.13. The van der Waals surface area contributed by atoms with E-state index < -0.39 is 29.1 Å². The van der Waals surface area contributed by atoms with Gasteiger partial charge in [0.15, 0.2) is 11.5 Å². The Bertz CT molecular complexity index is 3810. The number of benzene rings is 6. The van der Waals surface area contributed by atoms with Crippen LogP contribution in [-0.2, 0) is 31.2 Å². The second-order valence-corrected chi connectivity index (χ2v) is 21.0. The van der Waals surface area contributed by atoms with Gasteiger partial charge in [-0.15, -0.1) is 11.3 Å². The Balaban J connectivity index is 0.735. The summed E-state index contributed by atoms with van der Waals surface area (Å²) in [6.07, 6.45) is -2.77. The highest BCUT2D eigenvalue weighted by Gasteiger charge is 2.39. The second-order valence-electron chi connectivity index (χ2n) is 20.1. The zero-order valence-electron chi connectivity index (χ0n) is 43.4. The van der Waals surface area contributed by atoms with Crippen molar-refractivity contribution >= 4 is 68.3 Å². The number of hydrogen-bond donors (Lipinski definition) is 3. The number of fused-ring (bicyclic) bond motifs is 4. The van der Waals surface area contributed by atoms with Crippen LogP contribution >= 0.6 is 11.3 Å². The summed E-state index contributed by atoms with van der Waals surface area (Å²) < 4.78 is 68.6. The van der Waals surface area contributed by atoms with E-state index in [0.29, 0.717) is 83.3 Å². The minimum atomic E-state index is -4.53. The third-order valence-corrected chi connectivity index (χ3v) is 16.2. The number of aliphatic hydroxyl groups is 1. The van der Waals surface area contributed by atoms with Gasteiger partial charge in [-0.25, -0.2) is 19.3 Å². The van der Waals surface area contributed by atoms with Gasteiger partial charge in [0, 0.05) is 67.3 Å². The molecule has 1 atom stereocenters. The third kappa shape index (κ3) is 9.74. The molecule has 3 aromatic heterocycles. The summed E-state index contributed by atoms with van der Waals surface area (Å²) in [5.74, 6) is 2.89. The molecular weight excluding hydrogens is 1030 g/mol. The van der Waals surface area contributed by atoms with E-state index in [2.05, 4.69) is 32.3 Å². The average Bonchev–Trinajstić information content (AvgIpc) is 4.35. The number of amides is 1. The molecule has 6 aromatic carbocycles. The zero-order chi connectivity index (χ0) is 54.6. The van der Waals surface area contributed by atoms with Crippen LogP contribution in [-0.4, -0.2) is 88.9 Å². The van der Waals surface area contributed by atoms with E-state index in [4.69, 9.17) is 29.4 Å². The smallest absolute Gasteiger partial charge is 0.416 e. The fourth-order valence-corrected chi connectivity index (χ4v) is 12.1. The summed E-state index contributed by atoms with van der Waals surface area (Å²) in [6, 6.07) is 35.4. The van der Waals surface area contributed by atoms with Gasteiger partial charge in [-0.2, -0.15) is 23.1 Å². The molecule has 0 saturated carbocycles. The number of nitrogens with zero attached hydrogens (tertiary/aromatic N) is 8. The van der Waals surface area contributed by atoms with E-state index in [-0.39, 0.29) is 36.7 Å². The van der Waals surface area contributed by atoms with Crippen molar-refractivity contribution in [2.45, 2.75) is 57.0 Å². The molecule has 0 aliphatic carbocycles. The van der Waals surface area contributed by atoms with Crippen molar-refractivity contribution in [1.29, 1.82) is 0 Å². The summed E-state index contributed by atoms with van der Waals surface area (Å²) in [5, 5.41) is 19.7. The van der Waals surface area contributed by atoms with E-state index in [1.807, 2.05) is 89.8 Å². The molecule has 0 bridgehead atoms. The van der Waals surface area contributed by atoms with Crippen LogP contribution in [0.25, 0.3) is 43.4 Å². The molecular formula is C60H54F4N10O4S. The molecule has 6 heterocycles. The molecule has 14 nitrogen and oxygen atoms in total. The van der Waals surface area contributed by atoms with E-state index in [0.717, 1.165) is 69.6 Å². The quantitative estimate of drug-likeness (QED) is 0.0742. The van der Waals surface area contributed by atoms with E-state index in [1.165, 1.54) is 29.0 Å². The van der Waals surface area contributed by atoms with Gasteiger partial charge < -0.3 is 39.9 Å². The van der Waals surface area contributed by atoms with Crippen LogP contribution in [0.5, 0.6) is 11.5 Å². The van der Waals surface area contributed by atoms with Gasteiger partial charge in [-0.3, -0.25) is 4.79 Å². The highest BCUT2D eigenvalue weighted by Crippen LogP contribution is 2.46. The van der Waals surface area contributed by atoms with E-state index in [9.17, 15) is 23.1 Å². The zero-order valence-corrected chi connectivity index (χ0v) is 44.3. The Kier molecular flexibility index (Phi) is 13.5. The molecule has 1 unspecified atom stereocenters. The number of rotatable bonds is 13. The molecule has 0 spiro atoms. The lowest BCUT2D eigenvalue weighted by molar-refractivity contribution is -0.137. The summed E-state index contributed by atoms with van der Waals surface area (Å²) in [5.41, 5.74) is 7.10. The number of halogens is 4. The number of methoxy groups -OCH3 is 2. The topological polar surface area (TPSA) is 154 Å². The maximum atomic E-state index is 16.7. The number of nitrogens with one attached hydrogen (secondary N) is 2. The Morgan fingerprint density at radius 2 is 1.49 bits per heavy atom. The number of aromatic nitrogens is 5. The predicted molar refractivity (Wildman–Crippen MR) is 299 cm³/mol. The molecule has 1 amide bonds. The van der Waals surface area contributed by atoms with Gasteiger partial charge in [-0.1, -0.05) is 60.7 Å². The predicted octanol–water partition coefficient (Wildman–Crippen LogP) is 11.5. The van der Waals surface area contributed by atoms with E-state index in [1.54, 1.807) is 31.9 Å². The molecule has 3 aliphatic rings. The number of ether oxygens (including phenoxy) is 2. The number of anilines is 5. The first kappa shape index (κ1) is 51.3. The van der Waals surface area contributed by atoms with Gasteiger partial charge in [-0.05, 0) is 127 Å². The Labute approximate surface area is 456 Å². The van der Waals surface area contributed by atoms with Crippen LogP contribution in [0.3, 0.4) is 0 Å². The number of alkyl halides is 3. The largest absolute Gasteiger partial charge is 0.493 e. The number of hydrogen-bond acceptors (Lipinski definition) is 14. The number of carbonyl (C=O) groups excluding carboxylic acids is 1. The van der Waals surface area contributed by atoms with Crippen molar-refractivity contribution in [3.63, 3.8) is 0 Å². The SMILES string of the molecule is COc1cc2c(cc1OC)CN(c1nc(NCCNC(=O)c3ncsc3-c3ccc(-c4cccc5c4CC(C)N5c4nc(N5CCC(O)(c6cccc(C(F)(F)F)c6)CC5)nc5ccccc45)c(F)c3)nc3ccccc13)CC2. The molecule has 9 aromatic rings. The van der Waals surface area contributed by atoms with Gasteiger partial charge in [0.05, 0.1) is 46.8 Å². The van der Waals surface area contributed by atoms with Crippen LogP contribution in [0.2, 0.25) is 0 Å². The fourth-order valence-electron chi connectivity index (χ4n) is 11.3. The van der Waals surface area contributed by atoms with Crippen molar-refractivity contribution in [2.75, 3.05) is 67.0 Å². The molecule has 79 heavy (non-hydrogen) atoms. The number of para-hydroxylation sites is 2. The van der Waals surface area contributed by atoms with Crippen LogP contribution in [0.4, 0.5) is 46.8 Å². The van der Waals surface area contributed by atoms with Crippen LogP contribution in [0.1, 0.15) is 58.1 Å². The minimum Gasteiger partial charge on any atom is -0.493 e. The highest BCUT2D eigenvalue weighted by atomic mass is 32.1. The maximum Gasteiger partial charge on any atom is 0.416 e. The summed E-state index contributed by atoms with van der Waals surface area (Å²) >= 11 is 1.26. The third-order valence-electron chi connectivity index (χ3n) is 15.3. The van der Waals surface area contributed by atoms with Gasteiger partial charge in [0.25, 0.3) is 5.91 Å². The molecule has 19 heteroatoms. The first-order chi connectivity index (χ1) is 38.3. The monoisotopic (exact) mass is 1090 g/mol. The van der Waals surface area contributed by atoms with Gasteiger partial charge >= 0.3 is 6.18 Å². The van der Waals surface area contributed by atoms with Crippen molar-refractivity contribution in [3.05, 3.63) is 166 Å². The van der Waals surface area contributed by atoms with Crippen molar-refractivity contribution in [1.82, 2.24) is 30.2 Å². The van der Waals surface area contributed by atoms with Crippen molar-refractivity contribution in [2.24, 2.45) is 0 Å². The van der Waals surface area contributed by atoms with Gasteiger partial charge in [0.1, 0.15) is 23.1 Å². The fraction of sp³-hybridized carbons (Fsp3) is 0.267. The summed E-state index contributed by atoms with van der Waals surface area (Å²) in [6.45, 7) is 4.68. The second kappa shape index (κ2) is 20.8. The van der Waals surface area contributed by atoms with Gasteiger partial charge in [0.2, 0.25) is 11.9 Å². The average molecular weight is 1090 g/mol. The maximum absolute atomic E-state index is 16.7. The Morgan fingerprint density at radius 1 is 0.772 bits per heavy atom. The standard InChI is InChI=1S/C60H54F4N10O4S/c1-35-28-45-41(14-9-17-49(45)74(35)55-44-13-5-7-16-48(44)69-58(71-55)72-26-21-59(76,22-27-72)39-10-8-11-40(32-39)60(62,63)64)42-19-18-37(29-46(42)61)53-52(67-34-79-53)56(75)65-23-24-66-57-68-47-15-6-4-12-43(47)54(70-57)73-25-20-36-30-50(77-2)51(78-3)31-38(36)33-73/h4-19,29-32,34-35,76H,20-28,33H2,1-3H3,(H,65,75)(H,66,68,70). The lowest BCUT2D eigenvalue weighted by atomic mass is 9.84. The number of thiazole rings is 1. The minimum absolute atomic E-state index is 0.0855. The molecule has 3 N–H and O–H groups in total. The number of carbonyl (C=O) groups is 1. The molecule has 12 rings (SSSR count). The van der Waals surface area contributed by atoms with Crippen molar-refractivity contribution in [3.8, 4) is 33.1 Å². The lowest BCUT2D eigenvalue weighted by Gasteiger charge is -2.39. The first-order valence-electron chi connectivity index (χ1n) is 26.1. The van der Waals surface area contributed by atoms with Crippen LogP contribution < -0.4 is 34.8 Å². The van der Waals surface area contributed by atoms with E-state index >= 15 is 4.39 Å². The molecule has 402 valence electrons. The van der Waals surface area contributed by atoms with Crippen molar-refractivity contribution < 1.29 is 36.9 Å². The molecule has 3 aliphatic heterocycles. The normalized spacial score (nSPS) is 16.0.